The van der Waals surface area contributed by atoms with Gasteiger partial charge in [-0.15, -0.1) is 0 Å². The van der Waals surface area contributed by atoms with Crippen LogP contribution in [0.25, 0.3) is 10.9 Å². The lowest BCUT2D eigenvalue weighted by Gasteiger charge is -2.23. The van der Waals surface area contributed by atoms with E-state index in [9.17, 15) is 18.4 Å². The summed E-state index contributed by atoms with van der Waals surface area (Å²) in [7, 11) is 1.32. The molecular formula is C17H22N2O6S. The highest BCUT2D eigenvalue weighted by Gasteiger charge is 2.22. The van der Waals surface area contributed by atoms with Crippen LogP contribution in [0.1, 0.15) is 20.8 Å². The van der Waals surface area contributed by atoms with Crippen LogP contribution in [0.15, 0.2) is 30.5 Å². The van der Waals surface area contributed by atoms with Gasteiger partial charge < -0.3 is 14.0 Å². The van der Waals surface area contributed by atoms with E-state index in [4.69, 9.17) is 4.74 Å². The minimum absolute atomic E-state index is 0.0624. The molecule has 1 aromatic heterocycles. The number of hydrogen-bond acceptors (Lipinski definition) is 5. The number of carbonyl (C=O) groups excluding carboxylic acids is 2. The fraction of sp³-hybridized carbons (Fsp3) is 0.412. The van der Waals surface area contributed by atoms with Gasteiger partial charge in [0.1, 0.15) is 18.7 Å². The largest absolute Gasteiger partial charge is 0.468 e. The van der Waals surface area contributed by atoms with Crippen LogP contribution < -0.4 is 4.31 Å². The van der Waals surface area contributed by atoms with E-state index in [1.54, 1.807) is 55.8 Å². The van der Waals surface area contributed by atoms with Gasteiger partial charge in [-0.25, -0.2) is 4.21 Å². The molecule has 0 radical (unpaired) electrons. The Bertz CT molecular complexity index is 839. The standard InChI is InChI=1S/C17H22N2O6S/c1-17(2,3)25-16(21)11-19(26(22)23)13-5-6-14-12(9-13)7-8-18(14)10-15(20)24-4/h5-9H,10-11H2,1-4H3,(H,22,23). The van der Waals surface area contributed by atoms with Crippen molar-refractivity contribution in [3.05, 3.63) is 30.5 Å². The molecule has 2 rings (SSSR count). The van der Waals surface area contributed by atoms with Crippen LogP contribution in [0.3, 0.4) is 0 Å². The van der Waals surface area contributed by atoms with Gasteiger partial charge in [-0.2, -0.15) is 0 Å². The molecule has 0 spiro atoms. The third-order valence-electron chi connectivity index (χ3n) is 3.45. The van der Waals surface area contributed by atoms with Gasteiger partial charge in [-0.3, -0.25) is 18.4 Å². The van der Waals surface area contributed by atoms with E-state index in [1.807, 2.05) is 0 Å². The number of fused-ring (bicyclic) bond motifs is 1. The Morgan fingerprint density at radius 1 is 1.23 bits per heavy atom. The molecule has 0 aliphatic heterocycles. The molecule has 2 aromatic rings. The molecule has 1 heterocycles. The Balaban J connectivity index is 2.27. The van der Waals surface area contributed by atoms with Gasteiger partial charge in [0.05, 0.1) is 12.8 Å². The normalized spacial score (nSPS) is 12.7. The molecule has 0 bridgehead atoms. The minimum atomic E-state index is -2.40. The smallest absolute Gasteiger partial charge is 0.327 e. The van der Waals surface area contributed by atoms with Gasteiger partial charge in [0.15, 0.2) is 0 Å². The van der Waals surface area contributed by atoms with Crippen LogP contribution in [-0.4, -0.2) is 44.5 Å². The van der Waals surface area contributed by atoms with E-state index < -0.39 is 22.8 Å². The fourth-order valence-corrected chi connectivity index (χ4v) is 2.92. The molecule has 0 aliphatic carbocycles. The Morgan fingerprint density at radius 3 is 2.50 bits per heavy atom. The lowest BCUT2D eigenvalue weighted by atomic mass is 10.2. The number of carbonyl (C=O) groups is 2. The van der Waals surface area contributed by atoms with Gasteiger partial charge in [0.2, 0.25) is 0 Å². The van der Waals surface area contributed by atoms with Crippen LogP contribution >= 0.6 is 0 Å². The second-order valence-electron chi connectivity index (χ2n) is 6.62. The molecule has 0 amide bonds. The van der Waals surface area contributed by atoms with Gasteiger partial charge in [-0.05, 0) is 45.0 Å². The molecule has 1 unspecified atom stereocenters. The van der Waals surface area contributed by atoms with E-state index in [-0.39, 0.29) is 19.1 Å². The predicted octanol–water partition coefficient (Wildman–Crippen LogP) is 2.10. The van der Waals surface area contributed by atoms with Crippen molar-refractivity contribution in [2.45, 2.75) is 32.9 Å². The van der Waals surface area contributed by atoms with E-state index >= 15 is 0 Å². The van der Waals surface area contributed by atoms with E-state index in [0.29, 0.717) is 5.69 Å². The molecule has 1 N–H and O–H groups in total. The fourth-order valence-electron chi connectivity index (χ4n) is 2.41. The molecule has 1 aromatic carbocycles. The van der Waals surface area contributed by atoms with Crippen LogP contribution in [-0.2, 0) is 36.9 Å². The average molecular weight is 382 g/mol. The number of methoxy groups -OCH3 is 1. The van der Waals surface area contributed by atoms with Crippen LogP contribution in [0.2, 0.25) is 0 Å². The Labute approximate surface area is 154 Å². The maximum atomic E-state index is 12.0. The summed E-state index contributed by atoms with van der Waals surface area (Å²) in [5, 5.41) is 0.756. The van der Waals surface area contributed by atoms with Crippen molar-refractivity contribution >= 4 is 39.8 Å². The Kier molecular flexibility index (Phi) is 6.04. The van der Waals surface area contributed by atoms with Gasteiger partial charge >= 0.3 is 11.9 Å². The number of esters is 2. The molecular weight excluding hydrogens is 360 g/mol. The number of anilines is 1. The van der Waals surface area contributed by atoms with E-state index in [0.717, 1.165) is 15.2 Å². The third-order valence-corrected chi connectivity index (χ3v) is 4.17. The van der Waals surface area contributed by atoms with Gasteiger partial charge in [-0.1, -0.05) is 0 Å². The van der Waals surface area contributed by atoms with Crippen molar-refractivity contribution in [2.75, 3.05) is 18.0 Å². The summed E-state index contributed by atoms with van der Waals surface area (Å²) in [5.41, 5.74) is 0.467. The summed E-state index contributed by atoms with van der Waals surface area (Å²) >= 11 is -2.40. The predicted molar refractivity (Wildman–Crippen MR) is 97.9 cm³/mol. The number of aromatic nitrogens is 1. The van der Waals surface area contributed by atoms with Crippen molar-refractivity contribution in [3.63, 3.8) is 0 Å². The van der Waals surface area contributed by atoms with Crippen molar-refractivity contribution < 1.29 is 27.8 Å². The molecule has 0 saturated carbocycles. The SMILES string of the molecule is COC(=O)Cn1ccc2cc(N(CC(=O)OC(C)(C)C)S(=O)O)ccc21. The highest BCUT2D eigenvalue weighted by molar-refractivity contribution is 7.80. The lowest BCUT2D eigenvalue weighted by molar-refractivity contribution is -0.152. The monoisotopic (exact) mass is 382 g/mol. The van der Waals surface area contributed by atoms with Gasteiger partial charge in [0.25, 0.3) is 11.3 Å². The van der Waals surface area contributed by atoms with E-state index in [1.165, 1.54) is 7.11 Å². The molecule has 1 atom stereocenters. The summed E-state index contributed by atoms with van der Waals surface area (Å²) in [6.45, 7) is 4.87. The lowest BCUT2D eigenvalue weighted by Crippen LogP contribution is -2.35. The number of rotatable bonds is 6. The molecule has 9 heteroatoms. The van der Waals surface area contributed by atoms with Crippen molar-refractivity contribution in [1.82, 2.24) is 4.57 Å². The minimum Gasteiger partial charge on any atom is -0.468 e. The molecule has 26 heavy (non-hydrogen) atoms. The first kappa shape index (κ1) is 19.9. The molecule has 0 aliphatic rings. The Hall–Kier alpha value is -2.39. The average Bonchev–Trinajstić information content (AvgIpc) is 2.92. The highest BCUT2D eigenvalue weighted by Crippen LogP contribution is 2.24. The van der Waals surface area contributed by atoms with Crippen molar-refractivity contribution in [1.29, 1.82) is 0 Å². The first-order valence-corrected chi connectivity index (χ1v) is 8.93. The highest BCUT2D eigenvalue weighted by atomic mass is 32.2. The molecule has 142 valence electrons. The number of benzene rings is 1. The zero-order chi connectivity index (χ0) is 19.5. The molecule has 0 saturated heterocycles. The van der Waals surface area contributed by atoms with Crippen LogP contribution in [0, 0.1) is 0 Å². The second kappa shape index (κ2) is 7.88. The topological polar surface area (TPSA) is 98.1 Å². The summed E-state index contributed by atoms with van der Waals surface area (Å²) in [6.07, 6.45) is 1.72. The van der Waals surface area contributed by atoms with E-state index in [2.05, 4.69) is 4.74 Å². The second-order valence-corrected chi connectivity index (χ2v) is 7.52. The van der Waals surface area contributed by atoms with Crippen molar-refractivity contribution in [2.24, 2.45) is 0 Å². The first-order chi connectivity index (χ1) is 12.1. The quantitative estimate of drug-likeness (QED) is 0.607. The zero-order valence-corrected chi connectivity index (χ0v) is 15.9. The molecule has 0 fully saturated rings. The maximum absolute atomic E-state index is 12.0. The third kappa shape index (κ3) is 5.06. The zero-order valence-electron chi connectivity index (χ0n) is 15.1. The Morgan fingerprint density at radius 2 is 1.92 bits per heavy atom. The summed E-state index contributed by atoms with van der Waals surface area (Å²) in [5.74, 6) is -0.988. The number of hydrogen-bond donors (Lipinski definition) is 1. The molecule has 8 nitrogen and oxygen atoms in total. The van der Waals surface area contributed by atoms with Crippen molar-refractivity contribution in [3.8, 4) is 0 Å². The summed E-state index contributed by atoms with van der Waals surface area (Å²) in [4.78, 5) is 23.5. The summed E-state index contributed by atoms with van der Waals surface area (Å²) < 4.78 is 33.9. The van der Waals surface area contributed by atoms with Gasteiger partial charge in [0, 0.05) is 17.1 Å². The summed E-state index contributed by atoms with van der Waals surface area (Å²) in [6, 6.07) is 6.76. The van der Waals surface area contributed by atoms with Crippen LogP contribution in [0.5, 0.6) is 0 Å². The maximum Gasteiger partial charge on any atom is 0.327 e. The first-order valence-electron chi connectivity index (χ1n) is 7.87. The number of ether oxygens (including phenoxy) is 2. The number of nitrogens with zero attached hydrogens (tertiary/aromatic N) is 2. The van der Waals surface area contributed by atoms with Crippen LogP contribution in [0.4, 0.5) is 5.69 Å².